The van der Waals surface area contributed by atoms with Crippen LogP contribution in [0.5, 0.6) is 5.75 Å². The number of esters is 1. The van der Waals surface area contributed by atoms with Crippen LogP contribution in [0.25, 0.3) is 11.0 Å². The van der Waals surface area contributed by atoms with Gasteiger partial charge in [0.05, 0.1) is 5.52 Å². The number of hydrogen-bond donors (Lipinski definition) is 0. The molecule has 0 saturated carbocycles. The highest BCUT2D eigenvalue weighted by Crippen LogP contribution is 2.27. The molecule has 0 unspecified atom stereocenters. The third-order valence-corrected chi connectivity index (χ3v) is 3.96. The lowest BCUT2D eigenvalue weighted by molar-refractivity contribution is -0.135. The van der Waals surface area contributed by atoms with Gasteiger partial charge in [0, 0.05) is 0 Å². The van der Waals surface area contributed by atoms with Crippen LogP contribution in [0.4, 0.5) is 0 Å². The summed E-state index contributed by atoms with van der Waals surface area (Å²) in [5, 5.41) is 8.05. The topological polar surface area (TPSA) is 57.0 Å². The summed E-state index contributed by atoms with van der Waals surface area (Å²) < 4.78 is 7.06. The van der Waals surface area contributed by atoms with E-state index in [1.807, 2.05) is 43.3 Å². The zero-order chi connectivity index (χ0) is 17.3. The van der Waals surface area contributed by atoms with Gasteiger partial charge in [-0.25, -0.2) is 9.48 Å². The second-order valence-corrected chi connectivity index (χ2v) is 6.94. The van der Waals surface area contributed by atoms with Gasteiger partial charge in [-0.15, -0.1) is 5.10 Å². The van der Waals surface area contributed by atoms with Crippen molar-refractivity contribution in [2.75, 3.05) is 0 Å². The Balaban J connectivity index is 1.75. The van der Waals surface area contributed by atoms with Crippen LogP contribution in [0, 0.1) is 6.92 Å². The lowest BCUT2D eigenvalue weighted by atomic mass is 9.86. The molecule has 124 valence electrons. The maximum absolute atomic E-state index is 12.2. The van der Waals surface area contributed by atoms with Crippen LogP contribution in [-0.2, 0) is 16.8 Å². The highest BCUT2D eigenvalue weighted by atomic mass is 16.5. The molecule has 0 atom stereocenters. The summed E-state index contributed by atoms with van der Waals surface area (Å²) in [6.45, 7) is 8.44. The van der Waals surface area contributed by atoms with E-state index in [0.29, 0.717) is 5.75 Å². The normalized spacial score (nSPS) is 11.7. The molecule has 0 fully saturated rings. The zero-order valence-corrected chi connectivity index (χ0v) is 14.4. The Morgan fingerprint density at radius 3 is 2.62 bits per heavy atom. The third kappa shape index (κ3) is 3.30. The number of carbonyl (C=O) groups excluding carboxylic acids is 1. The number of rotatable bonds is 3. The molecule has 0 radical (unpaired) electrons. The summed E-state index contributed by atoms with van der Waals surface area (Å²) >= 11 is 0. The molecule has 1 heterocycles. The SMILES string of the molecule is Cc1cc(C(C)(C)C)ccc1OC(=O)Cn1nnc2ccccc21. The van der Waals surface area contributed by atoms with Crippen LogP contribution in [-0.4, -0.2) is 21.0 Å². The van der Waals surface area contributed by atoms with Gasteiger partial charge in [-0.1, -0.05) is 50.3 Å². The van der Waals surface area contributed by atoms with Crippen molar-refractivity contribution in [2.24, 2.45) is 0 Å². The van der Waals surface area contributed by atoms with Gasteiger partial charge in [-0.3, -0.25) is 0 Å². The summed E-state index contributed by atoms with van der Waals surface area (Å²) in [5.74, 6) is 0.217. The summed E-state index contributed by atoms with van der Waals surface area (Å²) in [7, 11) is 0. The lowest BCUT2D eigenvalue weighted by Gasteiger charge is -2.20. The fraction of sp³-hybridized carbons (Fsp3) is 0.316. The molecule has 0 aliphatic heterocycles. The smallest absolute Gasteiger partial charge is 0.333 e. The third-order valence-electron chi connectivity index (χ3n) is 3.96. The first-order chi connectivity index (χ1) is 11.3. The van der Waals surface area contributed by atoms with Gasteiger partial charge in [-0.05, 0) is 41.7 Å². The largest absolute Gasteiger partial charge is 0.425 e. The molecule has 0 aliphatic rings. The minimum atomic E-state index is -0.364. The molecule has 0 spiro atoms. The molecule has 24 heavy (non-hydrogen) atoms. The van der Waals surface area contributed by atoms with Gasteiger partial charge in [0.25, 0.3) is 0 Å². The van der Waals surface area contributed by atoms with Gasteiger partial charge >= 0.3 is 5.97 Å². The number of para-hydroxylation sites is 1. The Morgan fingerprint density at radius 2 is 1.92 bits per heavy atom. The number of aryl methyl sites for hydroxylation is 1. The van der Waals surface area contributed by atoms with Crippen molar-refractivity contribution in [1.82, 2.24) is 15.0 Å². The van der Waals surface area contributed by atoms with Crippen molar-refractivity contribution in [1.29, 1.82) is 0 Å². The lowest BCUT2D eigenvalue weighted by Crippen LogP contribution is -2.18. The molecular formula is C19H21N3O2. The van der Waals surface area contributed by atoms with E-state index in [-0.39, 0.29) is 17.9 Å². The van der Waals surface area contributed by atoms with Crippen molar-refractivity contribution in [2.45, 2.75) is 39.7 Å². The Morgan fingerprint density at radius 1 is 1.17 bits per heavy atom. The standard InChI is InChI=1S/C19H21N3O2/c1-13-11-14(19(2,3)4)9-10-17(13)24-18(23)12-22-16-8-6-5-7-15(16)20-21-22/h5-11H,12H2,1-4H3. The Hall–Kier alpha value is -2.69. The molecule has 0 saturated heterocycles. The molecule has 5 heteroatoms. The fourth-order valence-electron chi connectivity index (χ4n) is 2.54. The van der Waals surface area contributed by atoms with Crippen LogP contribution in [0.3, 0.4) is 0 Å². The van der Waals surface area contributed by atoms with Crippen molar-refractivity contribution in [3.05, 3.63) is 53.6 Å². The summed E-state index contributed by atoms with van der Waals surface area (Å²) in [6, 6.07) is 13.4. The van der Waals surface area contributed by atoms with E-state index < -0.39 is 0 Å². The summed E-state index contributed by atoms with van der Waals surface area (Å²) in [5.41, 5.74) is 3.79. The number of hydrogen-bond acceptors (Lipinski definition) is 4. The predicted octanol–water partition coefficient (Wildman–Crippen LogP) is 3.64. The monoisotopic (exact) mass is 323 g/mol. The molecule has 3 rings (SSSR count). The number of carbonyl (C=O) groups is 1. The average molecular weight is 323 g/mol. The fourth-order valence-corrected chi connectivity index (χ4v) is 2.54. The molecule has 0 amide bonds. The van der Waals surface area contributed by atoms with Gasteiger partial charge in [-0.2, -0.15) is 0 Å². The van der Waals surface area contributed by atoms with E-state index in [2.05, 4.69) is 37.1 Å². The highest BCUT2D eigenvalue weighted by molar-refractivity contribution is 5.78. The maximum Gasteiger partial charge on any atom is 0.333 e. The van der Waals surface area contributed by atoms with Crippen LogP contribution >= 0.6 is 0 Å². The Bertz CT molecular complexity index is 891. The molecule has 2 aromatic carbocycles. The first kappa shape index (κ1) is 16.2. The average Bonchev–Trinajstić information content (AvgIpc) is 2.91. The Labute approximate surface area is 141 Å². The maximum atomic E-state index is 12.2. The summed E-state index contributed by atoms with van der Waals surface area (Å²) in [6.07, 6.45) is 0. The van der Waals surface area contributed by atoms with E-state index in [9.17, 15) is 4.79 Å². The number of fused-ring (bicyclic) bond motifs is 1. The number of benzene rings is 2. The summed E-state index contributed by atoms with van der Waals surface area (Å²) in [4.78, 5) is 12.2. The van der Waals surface area contributed by atoms with Crippen molar-refractivity contribution in [3.8, 4) is 5.75 Å². The van der Waals surface area contributed by atoms with Crippen molar-refractivity contribution in [3.63, 3.8) is 0 Å². The van der Waals surface area contributed by atoms with Crippen LogP contribution < -0.4 is 4.74 Å². The van der Waals surface area contributed by atoms with Gasteiger partial charge in [0.2, 0.25) is 0 Å². The molecular weight excluding hydrogens is 302 g/mol. The van der Waals surface area contributed by atoms with Crippen molar-refractivity contribution >= 4 is 17.0 Å². The predicted molar refractivity (Wildman–Crippen MR) is 93.0 cm³/mol. The van der Waals surface area contributed by atoms with E-state index in [4.69, 9.17) is 4.74 Å². The number of nitrogens with zero attached hydrogens (tertiary/aromatic N) is 3. The minimum Gasteiger partial charge on any atom is -0.425 e. The van der Waals surface area contributed by atoms with Gasteiger partial charge < -0.3 is 4.74 Å². The number of aromatic nitrogens is 3. The van der Waals surface area contributed by atoms with Crippen molar-refractivity contribution < 1.29 is 9.53 Å². The van der Waals surface area contributed by atoms with Crippen LogP contribution in [0.1, 0.15) is 31.9 Å². The zero-order valence-electron chi connectivity index (χ0n) is 14.4. The highest BCUT2D eigenvalue weighted by Gasteiger charge is 2.16. The Kier molecular flexibility index (Phi) is 4.09. The molecule has 0 aliphatic carbocycles. The quantitative estimate of drug-likeness (QED) is 0.545. The first-order valence-electron chi connectivity index (χ1n) is 7.94. The van der Waals surface area contributed by atoms with E-state index in [0.717, 1.165) is 16.6 Å². The van der Waals surface area contributed by atoms with E-state index >= 15 is 0 Å². The van der Waals surface area contributed by atoms with Gasteiger partial charge in [0.15, 0.2) is 0 Å². The molecule has 1 aromatic heterocycles. The second-order valence-electron chi connectivity index (χ2n) is 6.94. The van der Waals surface area contributed by atoms with Gasteiger partial charge in [0.1, 0.15) is 17.8 Å². The van der Waals surface area contributed by atoms with E-state index in [1.165, 1.54) is 5.56 Å². The van der Waals surface area contributed by atoms with Crippen LogP contribution in [0.2, 0.25) is 0 Å². The minimum absolute atomic E-state index is 0.0287. The molecule has 3 aromatic rings. The van der Waals surface area contributed by atoms with E-state index in [1.54, 1.807) is 4.68 Å². The second kappa shape index (κ2) is 6.07. The molecule has 0 N–H and O–H groups in total. The molecule has 0 bridgehead atoms. The first-order valence-corrected chi connectivity index (χ1v) is 7.94. The molecule has 5 nitrogen and oxygen atoms in total. The number of ether oxygens (including phenoxy) is 1. The van der Waals surface area contributed by atoms with Crippen LogP contribution in [0.15, 0.2) is 42.5 Å².